The van der Waals surface area contributed by atoms with Crippen LogP contribution in [0, 0.1) is 0 Å². The Bertz CT molecular complexity index is 1020. The lowest BCUT2D eigenvalue weighted by atomic mass is 10.1. The van der Waals surface area contributed by atoms with Crippen LogP contribution in [0.4, 0.5) is 17.1 Å². The van der Waals surface area contributed by atoms with E-state index in [2.05, 4.69) is 0 Å². The summed E-state index contributed by atoms with van der Waals surface area (Å²) in [5, 5.41) is 2.02. The van der Waals surface area contributed by atoms with Crippen molar-refractivity contribution in [2.75, 3.05) is 17.2 Å². The van der Waals surface area contributed by atoms with E-state index in [9.17, 15) is 9.59 Å². The molecule has 0 saturated carbocycles. The highest BCUT2D eigenvalue weighted by Gasteiger charge is 2.34. The molecular weight excluding hydrogens is 382 g/mol. The first kappa shape index (κ1) is 19.2. The van der Waals surface area contributed by atoms with E-state index in [-0.39, 0.29) is 11.8 Å². The molecule has 2 heterocycles. The zero-order chi connectivity index (χ0) is 20.4. The second kappa shape index (κ2) is 8.09. The number of carbonyl (C=O) groups excluding carboxylic acids is 2. The number of carbonyl (C=O) groups is 2. The van der Waals surface area contributed by atoms with Crippen molar-refractivity contribution in [1.82, 2.24) is 4.90 Å². The lowest BCUT2D eigenvalue weighted by Crippen LogP contribution is -2.46. The van der Waals surface area contributed by atoms with E-state index in [1.807, 2.05) is 66.0 Å². The summed E-state index contributed by atoms with van der Waals surface area (Å²) in [4.78, 5) is 30.2. The maximum atomic E-state index is 13.6. The molecule has 1 aliphatic rings. The second-order valence-corrected chi connectivity index (χ2v) is 8.07. The number of anilines is 3. The molecule has 1 aliphatic heterocycles. The van der Waals surface area contributed by atoms with Gasteiger partial charge in [-0.3, -0.25) is 14.5 Å². The van der Waals surface area contributed by atoms with E-state index in [0.29, 0.717) is 24.3 Å². The molecule has 29 heavy (non-hydrogen) atoms. The van der Waals surface area contributed by atoms with Gasteiger partial charge >= 0.3 is 0 Å². The Labute approximate surface area is 174 Å². The minimum Gasteiger partial charge on any atom is -0.397 e. The summed E-state index contributed by atoms with van der Waals surface area (Å²) in [6, 6.07) is 18.7. The van der Waals surface area contributed by atoms with Gasteiger partial charge in [-0.15, -0.1) is 11.3 Å². The molecule has 0 aliphatic carbocycles. The number of nitrogens with zero attached hydrogens (tertiary/aromatic N) is 2. The summed E-state index contributed by atoms with van der Waals surface area (Å²) in [6.45, 7) is 2.40. The molecule has 2 aromatic carbocycles. The number of para-hydroxylation sites is 1. The lowest BCUT2D eigenvalue weighted by molar-refractivity contribution is -0.135. The third-order valence-corrected chi connectivity index (χ3v) is 6.17. The van der Waals surface area contributed by atoms with Crippen LogP contribution < -0.4 is 10.6 Å². The normalized spacial score (nSPS) is 14.8. The molecule has 6 heteroatoms. The topological polar surface area (TPSA) is 66.6 Å². The standard InChI is InChI=1S/C23H23N3O2S/c1-16(25-13-5-10-22(25)27)23(28)26(18-7-3-2-4-8-18)20-15-17(11-12-19(20)24)21-9-6-14-29-21/h2-4,6-9,11-12,14-16H,5,10,13,24H2,1H3. The van der Waals surface area contributed by atoms with E-state index in [1.165, 1.54) is 0 Å². The van der Waals surface area contributed by atoms with Crippen LogP contribution in [0.5, 0.6) is 0 Å². The van der Waals surface area contributed by atoms with Gasteiger partial charge in [0.2, 0.25) is 5.91 Å². The predicted octanol–water partition coefficient (Wildman–Crippen LogP) is 4.67. The molecule has 2 amide bonds. The first-order valence-corrected chi connectivity index (χ1v) is 10.6. The third kappa shape index (κ3) is 3.76. The van der Waals surface area contributed by atoms with Crippen molar-refractivity contribution in [3.05, 3.63) is 66.0 Å². The largest absolute Gasteiger partial charge is 0.397 e. The highest BCUT2D eigenvalue weighted by Crippen LogP contribution is 2.36. The summed E-state index contributed by atoms with van der Waals surface area (Å²) in [7, 11) is 0. The Balaban J connectivity index is 1.79. The summed E-state index contributed by atoms with van der Waals surface area (Å²) in [5.41, 5.74) is 9.21. The summed E-state index contributed by atoms with van der Waals surface area (Å²) >= 11 is 1.64. The van der Waals surface area contributed by atoms with Gasteiger partial charge in [-0.2, -0.15) is 0 Å². The Hall–Kier alpha value is -3.12. The Kier molecular flexibility index (Phi) is 5.36. The van der Waals surface area contributed by atoms with E-state index in [1.54, 1.807) is 28.1 Å². The maximum absolute atomic E-state index is 13.6. The molecule has 0 bridgehead atoms. The molecule has 2 N–H and O–H groups in total. The van der Waals surface area contributed by atoms with Gasteiger partial charge in [0.25, 0.3) is 5.91 Å². The highest BCUT2D eigenvalue weighted by molar-refractivity contribution is 7.13. The number of benzene rings is 2. The fourth-order valence-electron chi connectivity index (χ4n) is 3.69. The average Bonchev–Trinajstić information content (AvgIpc) is 3.42. The van der Waals surface area contributed by atoms with Crippen molar-refractivity contribution in [3.8, 4) is 10.4 Å². The predicted molar refractivity (Wildman–Crippen MR) is 118 cm³/mol. The zero-order valence-electron chi connectivity index (χ0n) is 16.2. The van der Waals surface area contributed by atoms with E-state index >= 15 is 0 Å². The molecule has 148 valence electrons. The minimum atomic E-state index is -0.560. The van der Waals surface area contributed by atoms with Crippen LogP contribution in [0.15, 0.2) is 66.0 Å². The van der Waals surface area contributed by atoms with Crippen LogP contribution in [0.2, 0.25) is 0 Å². The number of likely N-dealkylation sites (tertiary alicyclic amines) is 1. The molecule has 1 fully saturated rings. The molecule has 0 spiro atoms. The van der Waals surface area contributed by atoms with Gasteiger partial charge in [-0.25, -0.2) is 0 Å². The van der Waals surface area contributed by atoms with Crippen LogP contribution in [0.1, 0.15) is 19.8 Å². The van der Waals surface area contributed by atoms with Crippen LogP contribution in [0.3, 0.4) is 0 Å². The molecule has 0 radical (unpaired) electrons. The monoisotopic (exact) mass is 405 g/mol. The Morgan fingerprint density at radius 3 is 2.59 bits per heavy atom. The van der Waals surface area contributed by atoms with Crippen molar-refractivity contribution in [2.45, 2.75) is 25.8 Å². The van der Waals surface area contributed by atoms with Crippen molar-refractivity contribution in [3.63, 3.8) is 0 Å². The molecule has 1 saturated heterocycles. The van der Waals surface area contributed by atoms with Gasteiger partial charge in [0, 0.05) is 23.5 Å². The number of hydrogen-bond donors (Lipinski definition) is 1. The molecule has 1 atom stereocenters. The van der Waals surface area contributed by atoms with Crippen molar-refractivity contribution >= 4 is 40.2 Å². The van der Waals surface area contributed by atoms with Crippen LogP contribution >= 0.6 is 11.3 Å². The molecule has 3 aromatic rings. The molecular formula is C23H23N3O2S. The second-order valence-electron chi connectivity index (χ2n) is 7.13. The fourth-order valence-corrected chi connectivity index (χ4v) is 4.42. The van der Waals surface area contributed by atoms with E-state index in [0.717, 1.165) is 22.5 Å². The van der Waals surface area contributed by atoms with Gasteiger partial charge < -0.3 is 10.6 Å². The van der Waals surface area contributed by atoms with Gasteiger partial charge in [0.05, 0.1) is 11.4 Å². The van der Waals surface area contributed by atoms with Crippen molar-refractivity contribution < 1.29 is 9.59 Å². The number of nitrogens with two attached hydrogens (primary N) is 1. The number of amides is 2. The quantitative estimate of drug-likeness (QED) is 0.627. The van der Waals surface area contributed by atoms with Gasteiger partial charge in [-0.1, -0.05) is 30.3 Å². The number of hydrogen-bond acceptors (Lipinski definition) is 4. The first-order chi connectivity index (χ1) is 14.1. The van der Waals surface area contributed by atoms with Gasteiger partial charge in [0.1, 0.15) is 6.04 Å². The average molecular weight is 406 g/mol. The van der Waals surface area contributed by atoms with E-state index in [4.69, 9.17) is 5.73 Å². The van der Waals surface area contributed by atoms with Crippen molar-refractivity contribution in [2.24, 2.45) is 0 Å². The molecule has 4 rings (SSSR count). The minimum absolute atomic E-state index is 0.0270. The smallest absolute Gasteiger partial charge is 0.254 e. The SMILES string of the molecule is CC(C(=O)N(c1ccccc1)c1cc(-c2cccs2)ccc1N)N1CCCC1=O. The Morgan fingerprint density at radius 1 is 1.14 bits per heavy atom. The molecule has 1 unspecified atom stereocenters. The number of nitrogen functional groups attached to an aromatic ring is 1. The van der Waals surface area contributed by atoms with E-state index < -0.39 is 6.04 Å². The zero-order valence-corrected chi connectivity index (χ0v) is 17.1. The number of thiophene rings is 1. The van der Waals surface area contributed by atoms with Gasteiger partial charge in [0.15, 0.2) is 0 Å². The maximum Gasteiger partial charge on any atom is 0.254 e. The number of rotatable bonds is 5. The molecule has 5 nitrogen and oxygen atoms in total. The summed E-state index contributed by atoms with van der Waals surface area (Å²) < 4.78 is 0. The summed E-state index contributed by atoms with van der Waals surface area (Å²) in [5.74, 6) is -0.138. The van der Waals surface area contributed by atoms with Gasteiger partial charge in [-0.05, 0) is 54.6 Å². The Morgan fingerprint density at radius 2 is 1.93 bits per heavy atom. The highest BCUT2D eigenvalue weighted by atomic mass is 32.1. The summed E-state index contributed by atoms with van der Waals surface area (Å²) in [6.07, 6.45) is 1.29. The fraction of sp³-hybridized carbons (Fsp3) is 0.217. The lowest BCUT2D eigenvalue weighted by Gasteiger charge is -2.31. The van der Waals surface area contributed by atoms with Crippen LogP contribution in [-0.2, 0) is 9.59 Å². The third-order valence-electron chi connectivity index (χ3n) is 5.25. The first-order valence-electron chi connectivity index (χ1n) is 9.68. The van der Waals surface area contributed by atoms with Crippen LogP contribution in [0.25, 0.3) is 10.4 Å². The van der Waals surface area contributed by atoms with Crippen molar-refractivity contribution in [1.29, 1.82) is 0 Å². The molecule has 1 aromatic heterocycles. The van der Waals surface area contributed by atoms with Crippen LogP contribution in [-0.4, -0.2) is 29.3 Å².